The molecule has 0 unspecified atom stereocenters. The highest BCUT2D eigenvalue weighted by Crippen LogP contribution is 2.31. The Balaban J connectivity index is 1.84. The molecule has 1 aliphatic rings. The van der Waals surface area contributed by atoms with E-state index in [2.05, 4.69) is 15.5 Å². The summed E-state index contributed by atoms with van der Waals surface area (Å²) >= 11 is 0. The van der Waals surface area contributed by atoms with Crippen LogP contribution in [0.4, 0.5) is 5.69 Å². The van der Waals surface area contributed by atoms with E-state index in [4.69, 9.17) is 13.9 Å². The number of cyclic esters (lactones) is 2. The van der Waals surface area contributed by atoms with Gasteiger partial charge < -0.3 is 24.3 Å². The minimum Gasteiger partial charge on any atom is -0.507 e. The molecule has 25 heavy (non-hydrogen) atoms. The van der Waals surface area contributed by atoms with Crippen LogP contribution in [0.3, 0.4) is 0 Å². The maximum absolute atomic E-state index is 11.9. The molecule has 9 heteroatoms. The van der Waals surface area contributed by atoms with Gasteiger partial charge in [0.25, 0.3) is 11.7 Å². The molecule has 1 aromatic carbocycles. The maximum Gasteiger partial charge on any atom is 0.350 e. The molecule has 3 rings (SSSR count). The molecule has 0 bridgehead atoms. The van der Waals surface area contributed by atoms with E-state index in [9.17, 15) is 14.7 Å². The Kier molecular flexibility index (Phi) is 3.91. The molecule has 1 aromatic heterocycles. The number of aromatic nitrogens is 2. The first-order valence-corrected chi connectivity index (χ1v) is 7.32. The molecule has 0 spiro atoms. The summed E-state index contributed by atoms with van der Waals surface area (Å²) < 4.78 is 15.3. The molecular weight excluding hydrogens is 330 g/mol. The Morgan fingerprint density at radius 2 is 1.84 bits per heavy atom. The van der Waals surface area contributed by atoms with Gasteiger partial charge in [-0.25, -0.2) is 9.59 Å². The Hall–Kier alpha value is -3.36. The van der Waals surface area contributed by atoms with Crippen molar-refractivity contribution in [3.05, 3.63) is 35.9 Å². The highest BCUT2D eigenvalue weighted by atomic mass is 16.7. The minimum atomic E-state index is -1.30. The predicted octanol–water partition coefficient (Wildman–Crippen LogP) is 1.88. The normalized spacial score (nSPS) is 16.2. The number of rotatable bonds is 3. The van der Waals surface area contributed by atoms with Crippen molar-refractivity contribution in [1.29, 1.82) is 0 Å². The fourth-order valence-corrected chi connectivity index (χ4v) is 2.14. The third-order valence-electron chi connectivity index (χ3n) is 3.25. The number of aryl methyl sites for hydroxylation is 1. The van der Waals surface area contributed by atoms with Gasteiger partial charge in [-0.3, -0.25) is 0 Å². The van der Waals surface area contributed by atoms with Crippen LogP contribution in [0.15, 0.2) is 34.4 Å². The third-order valence-corrected chi connectivity index (χ3v) is 3.25. The molecule has 0 radical (unpaired) electrons. The molecule has 2 N–H and O–H groups in total. The topological polar surface area (TPSA) is 124 Å². The molecule has 0 aliphatic carbocycles. The third kappa shape index (κ3) is 3.44. The number of carbonyl (C=O) groups excluding carboxylic acids is 2. The Morgan fingerprint density at radius 3 is 2.44 bits per heavy atom. The van der Waals surface area contributed by atoms with Crippen molar-refractivity contribution >= 4 is 17.6 Å². The van der Waals surface area contributed by atoms with Crippen LogP contribution < -0.4 is 5.32 Å². The average Bonchev–Trinajstić information content (AvgIpc) is 2.93. The largest absolute Gasteiger partial charge is 0.507 e. The van der Waals surface area contributed by atoms with E-state index in [0.29, 0.717) is 17.1 Å². The fraction of sp³-hybridized carbons (Fsp3) is 0.250. The first-order chi connectivity index (χ1) is 11.7. The second-order valence-corrected chi connectivity index (χ2v) is 5.74. The number of nitrogens with one attached hydrogen (secondary N) is 1. The number of esters is 2. The van der Waals surface area contributed by atoms with E-state index in [1.165, 1.54) is 32.2 Å². The number of aromatic hydroxyl groups is 1. The number of nitrogens with zero attached hydrogens (tertiary/aromatic N) is 2. The Labute approximate surface area is 142 Å². The molecule has 0 saturated carbocycles. The molecule has 2 aromatic rings. The lowest BCUT2D eigenvalue weighted by molar-refractivity contribution is -0.222. The Bertz CT molecular complexity index is 862. The predicted molar refractivity (Wildman–Crippen MR) is 84.1 cm³/mol. The smallest absolute Gasteiger partial charge is 0.350 e. The molecule has 2 heterocycles. The van der Waals surface area contributed by atoms with E-state index >= 15 is 0 Å². The molecule has 130 valence electrons. The lowest BCUT2D eigenvalue weighted by Crippen LogP contribution is -2.42. The molecule has 1 fully saturated rings. The summed E-state index contributed by atoms with van der Waals surface area (Å²) in [4.78, 5) is 23.8. The van der Waals surface area contributed by atoms with Crippen molar-refractivity contribution in [3.8, 4) is 17.2 Å². The number of carbonyl (C=O) groups is 2. The van der Waals surface area contributed by atoms with Gasteiger partial charge in [0.05, 0.1) is 5.56 Å². The monoisotopic (exact) mass is 345 g/mol. The highest BCUT2D eigenvalue weighted by molar-refractivity contribution is 6.15. The molecule has 1 aliphatic heterocycles. The summed E-state index contributed by atoms with van der Waals surface area (Å²) in [6.07, 6.45) is 1.18. The number of benzene rings is 1. The average molecular weight is 345 g/mol. The highest BCUT2D eigenvalue weighted by Gasteiger charge is 2.38. The standard InChI is InChI=1S/C16H15N3O6/c1-8-18-19-13(23-8)10-6-9(4-5-12(10)20)17-7-11-14(21)24-16(2,3)25-15(11)22/h4-7,17,20H,1-3H3. The molecule has 0 amide bonds. The van der Waals surface area contributed by atoms with Crippen LogP contribution in [-0.2, 0) is 19.1 Å². The van der Waals surface area contributed by atoms with Crippen molar-refractivity contribution in [1.82, 2.24) is 10.2 Å². The van der Waals surface area contributed by atoms with Gasteiger partial charge in [-0.1, -0.05) is 0 Å². The summed E-state index contributed by atoms with van der Waals surface area (Å²) in [5, 5.41) is 20.3. The van der Waals surface area contributed by atoms with Crippen LogP contribution in [0.25, 0.3) is 11.5 Å². The molecule has 9 nitrogen and oxygen atoms in total. The van der Waals surface area contributed by atoms with E-state index in [1.54, 1.807) is 13.0 Å². The maximum atomic E-state index is 11.9. The van der Waals surface area contributed by atoms with E-state index in [1.807, 2.05) is 0 Å². The van der Waals surface area contributed by atoms with Crippen LogP contribution in [0.1, 0.15) is 19.7 Å². The van der Waals surface area contributed by atoms with E-state index in [0.717, 1.165) is 0 Å². The SMILES string of the molecule is Cc1nnc(-c2cc(NC=C3C(=O)OC(C)(C)OC3=O)ccc2O)o1. The molecular formula is C16H15N3O6. The summed E-state index contributed by atoms with van der Waals surface area (Å²) in [7, 11) is 0. The molecule has 0 atom stereocenters. The van der Waals surface area contributed by atoms with E-state index < -0.39 is 17.7 Å². The van der Waals surface area contributed by atoms with Crippen molar-refractivity contribution < 1.29 is 28.6 Å². The van der Waals surface area contributed by atoms with Crippen molar-refractivity contribution in [3.63, 3.8) is 0 Å². The van der Waals surface area contributed by atoms with Crippen LogP contribution in [-0.4, -0.2) is 33.0 Å². The number of anilines is 1. The first-order valence-electron chi connectivity index (χ1n) is 7.32. The Morgan fingerprint density at radius 1 is 1.16 bits per heavy atom. The summed E-state index contributed by atoms with van der Waals surface area (Å²) in [5.74, 6) is -2.44. The lowest BCUT2D eigenvalue weighted by Gasteiger charge is -2.29. The molecule has 1 saturated heterocycles. The van der Waals surface area contributed by atoms with Gasteiger partial charge in [0.1, 0.15) is 5.75 Å². The van der Waals surface area contributed by atoms with Gasteiger partial charge in [0.2, 0.25) is 5.89 Å². The second-order valence-electron chi connectivity index (χ2n) is 5.74. The number of phenols is 1. The zero-order valence-electron chi connectivity index (χ0n) is 13.7. The zero-order chi connectivity index (χ0) is 18.2. The fourth-order valence-electron chi connectivity index (χ4n) is 2.14. The number of ether oxygens (including phenoxy) is 2. The second kappa shape index (κ2) is 5.93. The first kappa shape index (κ1) is 16.5. The van der Waals surface area contributed by atoms with Crippen LogP contribution in [0.5, 0.6) is 5.75 Å². The van der Waals surface area contributed by atoms with Gasteiger partial charge in [-0.2, -0.15) is 0 Å². The van der Waals surface area contributed by atoms with Crippen molar-refractivity contribution in [2.75, 3.05) is 5.32 Å². The van der Waals surface area contributed by atoms with Gasteiger partial charge in [0.15, 0.2) is 5.57 Å². The number of phenolic OH excluding ortho intramolecular Hbond substituents is 1. The van der Waals surface area contributed by atoms with Crippen LogP contribution in [0, 0.1) is 6.92 Å². The number of hydrogen-bond acceptors (Lipinski definition) is 9. The lowest BCUT2D eigenvalue weighted by atomic mass is 10.1. The van der Waals surface area contributed by atoms with Crippen LogP contribution in [0.2, 0.25) is 0 Å². The minimum absolute atomic E-state index is 0.0555. The van der Waals surface area contributed by atoms with Gasteiger partial charge in [-0.15, -0.1) is 10.2 Å². The van der Waals surface area contributed by atoms with Crippen LogP contribution >= 0.6 is 0 Å². The summed E-state index contributed by atoms with van der Waals surface area (Å²) in [6.45, 7) is 4.55. The van der Waals surface area contributed by atoms with Crippen molar-refractivity contribution in [2.24, 2.45) is 0 Å². The van der Waals surface area contributed by atoms with Gasteiger partial charge >= 0.3 is 11.9 Å². The van der Waals surface area contributed by atoms with Crippen molar-refractivity contribution in [2.45, 2.75) is 26.6 Å². The van der Waals surface area contributed by atoms with Gasteiger partial charge in [0, 0.05) is 32.7 Å². The zero-order valence-corrected chi connectivity index (χ0v) is 13.7. The number of hydrogen-bond donors (Lipinski definition) is 2. The summed E-state index contributed by atoms with van der Waals surface area (Å²) in [5.41, 5.74) is 0.503. The van der Waals surface area contributed by atoms with E-state index in [-0.39, 0.29) is 17.2 Å². The quantitative estimate of drug-likeness (QED) is 0.371. The summed E-state index contributed by atoms with van der Waals surface area (Å²) in [6, 6.07) is 4.49. The van der Waals surface area contributed by atoms with Gasteiger partial charge in [-0.05, 0) is 18.2 Å².